The van der Waals surface area contributed by atoms with Crippen molar-refractivity contribution in [2.75, 3.05) is 0 Å². The molecule has 0 spiro atoms. The number of nitrogens with one attached hydrogen (secondary N) is 1. The monoisotopic (exact) mass is 724 g/mol. The van der Waals surface area contributed by atoms with E-state index in [0.29, 0.717) is 27.9 Å². The van der Waals surface area contributed by atoms with Gasteiger partial charge in [-0.2, -0.15) is 0 Å². The molecule has 3 heterocycles. The number of benzene rings is 7. The molecule has 0 saturated carbocycles. The van der Waals surface area contributed by atoms with Crippen LogP contribution in [-0.4, -0.2) is 15.8 Å². The van der Waals surface area contributed by atoms with Gasteiger partial charge < -0.3 is 9.73 Å². The Hall–Kier alpha value is -7.44. The van der Waals surface area contributed by atoms with Gasteiger partial charge in [-0.1, -0.05) is 152 Å². The largest absolute Gasteiger partial charge is 0.455 e. The number of hydrogen-bond donors (Lipinski definition) is 1. The van der Waals surface area contributed by atoms with Crippen LogP contribution in [-0.2, 0) is 0 Å². The Kier molecular flexibility index (Phi) is 8.34. The maximum absolute atomic E-state index is 16.3. The van der Waals surface area contributed by atoms with Crippen molar-refractivity contribution in [1.29, 1.82) is 0 Å². The number of fused-ring (bicyclic) bond motifs is 3. The molecule has 6 heteroatoms. The molecule has 0 aliphatic carbocycles. The fourth-order valence-electron chi connectivity index (χ4n) is 7.43. The van der Waals surface area contributed by atoms with Crippen LogP contribution in [0.15, 0.2) is 197 Å². The number of hydrogen-bond acceptors (Lipinski definition) is 5. The van der Waals surface area contributed by atoms with Gasteiger partial charge in [-0.3, -0.25) is 0 Å². The maximum atomic E-state index is 16.3. The van der Waals surface area contributed by atoms with E-state index in [1.807, 2.05) is 158 Å². The molecule has 10 rings (SSSR count). The third-order valence-corrected chi connectivity index (χ3v) is 10.2. The summed E-state index contributed by atoms with van der Waals surface area (Å²) in [5.41, 5.74) is 10.5. The van der Waals surface area contributed by atoms with E-state index in [1.165, 1.54) is 0 Å². The first-order chi connectivity index (χ1) is 27.6. The highest BCUT2D eigenvalue weighted by Gasteiger charge is 2.22. The van der Waals surface area contributed by atoms with Gasteiger partial charge in [-0.05, 0) is 53.1 Å². The maximum Gasteiger partial charge on any atom is 0.160 e. The van der Waals surface area contributed by atoms with Crippen LogP contribution in [0.5, 0.6) is 0 Å². The molecule has 1 N–H and O–H groups in total. The van der Waals surface area contributed by atoms with Crippen molar-refractivity contribution in [2.45, 2.75) is 6.04 Å². The molecule has 7 aromatic carbocycles. The van der Waals surface area contributed by atoms with E-state index in [-0.39, 0.29) is 11.9 Å². The molecule has 1 unspecified atom stereocenters. The van der Waals surface area contributed by atoms with Crippen molar-refractivity contribution in [2.24, 2.45) is 4.99 Å². The van der Waals surface area contributed by atoms with Crippen molar-refractivity contribution >= 4 is 33.5 Å². The smallest absolute Gasteiger partial charge is 0.160 e. The Bertz CT molecular complexity index is 2880. The van der Waals surface area contributed by atoms with Crippen LogP contribution < -0.4 is 5.32 Å². The fourth-order valence-corrected chi connectivity index (χ4v) is 7.43. The summed E-state index contributed by atoms with van der Waals surface area (Å²) in [7, 11) is 0. The van der Waals surface area contributed by atoms with Crippen LogP contribution in [0.4, 0.5) is 4.39 Å². The van der Waals surface area contributed by atoms with Crippen molar-refractivity contribution in [3.05, 3.63) is 211 Å². The predicted molar refractivity (Wildman–Crippen MR) is 224 cm³/mol. The molecular formula is C50H33FN4O. The fraction of sp³-hybridized carbons (Fsp3) is 0.0200. The molecule has 5 nitrogen and oxygen atoms in total. The van der Waals surface area contributed by atoms with E-state index < -0.39 is 0 Å². The SMILES string of the molecule is Fc1cc2c(cc1-c1cccc(C3C=C(c4ccccc4)N=C(c4ccccc4)N3)c1)oc1c(-c3cc(-c4ccccc4)nc(-c4ccccc4)n3)cccc12. The summed E-state index contributed by atoms with van der Waals surface area (Å²) < 4.78 is 23.0. The zero-order valence-corrected chi connectivity index (χ0v) is 30.1. The van der Waals surface area contributed by atoms with Crippen LogP contribution in [0.2, 0.25) is 0 Å². The number of aliphatic imine (C=N–C) groups is 1. The van der Waals surface area contributed by atoms with Crippen molar-refractivity contribution in [3.63, 3.8) is 0 Å². The molecule has 1 aliphatic heterocycles. The molecule has 9 aromatic rings. The quantitative estimate of drug-likeness (QED) is 0.178. The van der Waals surface area contributed by atoms with Crippen LogP contribution in [0.25, 0.3) is 72.7 Å². The van der Waals surface area contributed by atoms with E-state index in [4.69, 9.17) is 19.4 Å². The number of para-hydroxylation sites is 1. The summed E-state index contributed by atoms with van der Waals surface area (Å²) in [6, 6.07) is 59.5. The first kappa shape index (κ1) is 33.2. The second kappa shape index (κ2) is 14.1. The molecule has 0 saturated heterocycles. The zero-order chi connectivity index (χ0) is 37.4. The summed E-state index contributed by atoms with van der Waals surface area (Å²) in [6.45, 7) is 0. The standard InChI is InChI=1S/C50H33FN4O/c51-42-28-41-38-25-14-26-39(46-31-44(33-17-7-2-8-18-33)53-50(55-46)35-21-11-4-12-22-35)48(38)56-47(41)29-40(42)36-23-13-24-37(27-36)45-30-43(32-15-5-1-6-16-32)52-49(54-45)34-19-9-3-10-20-34/h1-31,45H,(H,52,54). The molecule has 0 amide bonds. The summed E-state index contributed by atoms with van der Waals surface area (Å²) in [4.78, 5) is 15.0. The number of nitrogens with zero attached hydrogens (tertiary/aromatic N) is 3. The molecule has 266 valence electrons. The Morgan fingerprint density at radius 1 is 0.500 bits per heavy atom. The van der Waals surface area contributed by atoms with Gasteiger partial charge in [0.2, 0.25) is 0 Å². The first-order valence-electron chi connectivity index (χ1n) is 18.6. The Morgan fingerprint density at radius 2 is 1.12 bits per heavy atom. The van der Waals surface area contributed by atoms with Gasteiger partial charge in [0.25, 0.3) is 0 Å². The lowest BCUT2D eigenvalue weighted by molar-refractivity contribution is 0.629. The predicted octanol–water partition coefficient (Wildman–Crippen LogP) is 12.3. The van der Waals surface area contributed by atoms with Crippen LogP contribution in [0.3, 0.4) is 0 Å². The van der Waals surface area contributed by atoms with Gasteiger partial charge in [0.1, 0.15) is 22.8 Å². The lowest BCUT2D eigenvalue weighted by atomic mass is 9.96. The molecule has 56 heavy (non-hydrogen) atoms. The number of halogens is 1. The molecule has 2 aromatic heterocycles. The molecule has 1 aliphatic rings. The highest BCUT2D eigenvalue weighted by molar-refractivity contribution is 6.10. The number of rotatable bonds is 7. The van der Waals surface area contributed by atoms with Crippen LogP contribution in [0, 0.1) is 5.82 Å². The second-order valence-electron chi connectivity index (χ2n) is 13.8. The molecule has 1 atom stereocenters. The van der Waals surface area contributed by atoms with Crippen LogP contribution in [0.1, 0.15) is 22.7 Å². The average Bonchev–Trinajstić information content (AvgIpc) is 3.64. The third-order valence-electron chi connectivity index (χ3n) is 10.2. The number of amidine groups is 1. The summed E-state index contributed by atoms with van der Waals surface area (Å²) >= 11 is 0. The van der Waals surface area contributed by atoms with E-state index in [9.17, 15) is 0 Å². The molecular weight excluding hydrogens is 692 g/mol. The second-order valence-corrected chi connectivity index (χ2v) is 13.8. The highest BCUT2D eigenvalue weighted by Crippen LogP contribution is 2.40. The third kappa shape index (κ3) is 6.23. The minimum absolute atomic E-state index is 0.201. The van der Waals surface area contributed by atoms with E-state index in [1.54, 1.807) is 6.07 Å². The Labute approximate surface area is 323 Å². The van der Waals surface area contributed by atoms with Crippen molar-refractivity contribution in [1.82, 2.24) is 15.3 Å². The number of furan rings is 1. The molecule has 0 radical (unpaired) electrons. The highest BCUT2D eigenvalue weighted by atomic mass is 19.1. The van der Waals surface area contributed by atoms with E-state index in [0.717, 1.165) is 67.3 Å². The normalized spacial score (nSPS) is 14.0. The van der Waals surface area contributed by atoms with Gasteiger partial charge in [0.05, 0.1) is 23.1 Å². The Balaban J connectivity index is 1.06. The van der Waals surface area contributed by atoms with Gasteiger partial charge in [-0.15, -0.1) is 0 Å². The number of aromatic nitrogens is 2. The minimum atomic E-state index is -0.328. The van der Waals surface area contributed by atoms with Crippen LogP contribution >= 0.6 is 0 Å². The van der Waals surface area contributed by atoms with E-state index >= 15 is 4.39 Å². The van der Waals surface area contributed by atoms with Gasteiger partial charge in [0.15, 0.2) is 5.82 Å². The molecule has 0 fully saturated rings. The summed E-state index contributed by atoms with van der Waals surface area (Å²) in [6.07, 6.45) is 2.13. The zero-order valence-electron chi connectivity index (χ0n) is 30.1. The summed E-state index contributed by atoms with van der Waals surface area (Å²) in [5.74, 6) is 1.07. The average molecular weight is 725 g/mol. The Morgan fingerprint density at radius 3 is 1.86 bits per heavy atom. The topological polar surface area (TPSA) is 63.3 Å². The minimum Gasteiger partial charge on any atom is -0.455 e. The van der Waals surface area contributed by atoms with Gasteiger partial charge in [-0.25, -0.2) is 19.4 Å². The molecule has 0 bridgehead atoms. The lowest BCUT2D eigenvalue weighted by Crippen LogP contribution is -2.31. The lowest BCUT2D eigenvalue weighted by Gasteiger charge is -2.25. The van der Waals surface area contributed by atoms with Gasteiger partial charge in [0, 0.05) is 38.6 Å². The van der Waals surface area contributed by atoms with Crippen molar-refractivity contribution < 1.29 is 8.81 Å². The van der Waals surface area contributed by atoms with E-state index in [2.05, 4.69) is 29.6 Å². The van der Waals surface area contributed by atoms with Gasteiger partial charge >= 0.3 is 0 Å². The summed E-state index contributed by atoms with van der Waals surface area (Å²) in [5, 5.41) is 5.14. The first-order valence-corrected chi connectivity index (χ1v) is 18.6. The van der Waals surface area contributed by atoms with Crippen molar-refractivity contribution in [3.8, 4) is 45.0 Å².